The van der Waals surface area contributed by atoms with Crippen LogP contribution >= 0.6 is 0 Å². The molecule has 0 aliphatic carbocycles. The zero-order chi connectivity index (χ0) is 21.2. The standard InChI is InChI=1S/C17H28FN7O3S/c1-4-24-10-19-14-15(20-12-5-6-25(7-12)29(27,28)9-18)22-17(23-16(14)24)21-13(8-26)11(2)3/h10-13,26H,4-9H2,1-3H3,(H2,20,21,22,23)/t12-,13-/m0/s1. The molecule has 1 aliphatic rings. The average molecular weight is 430 g/mol. The van der Waals surface area contributed by atoms with Crippen molar-refractivity contribution in [3.8, 4) is 0 Å². The first-order valence-corrected chi connectivity index (χ1v) is 11.3. The average Bonchev–Trinajstić information content (AvgIpc) is 3.33. The molecule has 0 unspecified atom stereocenters. The fourth-order valence-corrected chi connectivity index (χ4v) is 4.22. The third-order valence-electron chi connectivity index (χ3n) is 5.14. The predicted octanol–water partition coefficient (Wildman–Crippen LogP) is 1.02. The molecule has 10 nitrogen and oxygen atoms in total. The Bertz CT molecular complexity index is 950. The fraction of sp³-hybridized carbons (Fsp3) is 0.706. The SMILES string of the molecule is CCn1cnc2c(N[C@H]3CCN(S(=O)(=O)CF)C3)nc(N[C@@H](CO)C(C)C)nc21. The molecule has 3 rings (SSSR count). The maximum Gasteiger partial charge on any atom is 0.243 e. The van der Waals surface area contributed by atoms with Crippen molar-refractivity contribution in [3.05, 3.63) is 6.33 Å². The number of nitrogens with one attached hydrogen (secondary N) is 2. The van der Waals surface area contributed by atoms with E-state index < -0.39 is 16.0 Å². The van der Waals surface area contributed by atoms with E-state index in [0.29, 0.717) is 35.9 Å². The Kier molecular flexibility index (Phi) is 6.54. The number of aliphatic hydroxyl groups excluding tert-OH is 1. The Labute approximate surface area is 169 Å². The molecular formula is C17H28FN7O3S. The minimum Gasteiger partial charge on any atom is -0.394 e. The van der Waals surface area contributed by atoms with E-state index in [9.17, 15) is 17.9 Å². The van der Waals surface area contributed by atoms with Crippen LogP contribution in [0.2, 0.25) is 0 Å². The molecule has 3 heterocycles. The van der Waals surface area contributed by atoms with E-state index in [-0.39, 0.29) is 37.7 Å². The van der Waals surface area contributed by atoms with Gasteiger partial charge in [-0.1, -0.05) is 13.8 Å². The summed E-state index contributed by atoms with van der Waals surface area (Å²) < 4.78 is 39.4. The first-order valence-electron chi connectivity index (χ1n) is 9.69. The number of alkyl halides is 1. The van der Waals surface area contributed by atoms with Crippen molar-refractivity contribution in [2.24, 2.45) is 5.92 Å². The molecular weight excluding hydrogens is 401 g/mol. The molecule has 3 N–H and O–H groups in total. The highest BCUT2D eigenvalue weighted by molar-refractivity contribution is 7.88. The molecule has 2 aromatic heterocycles. The van der Waals surface area contributed by atoms with Gasteiger partial charge < -0.3 is 20.3 Å². The molecule has 1 aliphatic heterocycles. The molecule has 162 valence electrons. The summed E-state index contributed by atoms with van der Waals surface area (Å²) in [7, 11) is -3.87. The number of fused-ring (bicyclic) bond motifs is 1. The van der Waals surface area contributed by atoms with Crippen molar-refractivity contribution < 1.29 is 17.9 Å². The number of nitrogens with zero attached hydrogens (tertiary/aromatic N) is 5. The molecule has 2 aromatic rings. The van der Waals surface area contributed by atoms with Gasteiger partial charge >= 0.3 is 0 Å². The van der Waals surface area contributed by atoms with Gasteiger partial charge in [0.25, 0.3) is 0 Å². The number of rotatable bonds is 9. The summed E-state index contributed by atoms with van der Waals surface area (Å²) >= 11 is 0. The van der Waals surface area contributed by atoms with Crippen LogP contribution in [0.1, 0.15) is 27.2 Å². The van der Waals surface area contributed by atoms with Crippen molar-refractivity contribution in [1.82, 2.24) is 23.8 Å². The van der Waals surface area contributed by atoms with Crippen LogP contribution in [0.15, 0.2) is 6.33 Å². The molecule has 12 heteroatoms. The number of aliphatic hydroxyl groups is 1. The van der Waals surface area contributed by atoms with Gasteiger partial charge in [-0.3, -0.25) is 0 Å². The minimum absolute atomic E-state index is 0.0620. The van der Waals surface area contributed by atoms with Crippen molar-refractivity contribution in [2.75, 3.05) is 36.3 Å². The first kappa shape index (κ1) is 21.7. The second kappa shape index (κ2) is 8.76. The summed E-state index contributed by atoms with van der Waals surface area (Å²) in [5, 5.41) is 16.0. The first-order chi connectivity index (χ1) is 13.8. The maximum atomic E-state index is 12.8. The van der Waals surface area contributed by atoms with E-state index >= 15 is 0 Å². The van der Waals surface area contributed by atoms with E-state index in [0.717, 1.165) is 4.31 Å². The summed E-state index contributed by atoms with van der Waals surface area (Å²) in [6.07, 6.45) is 2.21. The summed E-state index contributed by atoms with van der Waals surface area (Å²) in [6, 6.07) is -1.83. The molecule has 0 spiro atoms. The van der Waals surface area contributed by atoms with Crippen LogP contribution in [-0.4, -0.2) is 75.1 Å². The van der Waals surface area contributed by atoms with Gasteiger partial charge in [0.05, 0.1) is 19.0 Å². The van der Waals surface area contributed by atoms with Gasteiger partial charge in [-0.25, -0.2) is 17.8 Å². The number of aryl methyl sites for hydroxylation is 1. The normalized spacial score (nSPS) is 19.2. The van der Waals surface area contributed by atoms with Gasteiger partial charge in [0.1, 0.15) is 0 Å². The van der Waals surface area contributed by atoms with Crippen LogP contribution in [-0.2, 0) is 16.6 Å². The summed E-state index contributed by atoms with van der Waals surface area (Å²) in [4.78, 5) is 13.5. The van der Waals surface area contributed by atoms with Gasteiger partial charge in [-0.2, -0.15) is 14.3 Å². The lowest BCUT2D eigenvalue weighted by Gasteiger charge is -2.21. The number of anilines is 2. The van der Waals surface area contributed by atoms with Crippen molar-refractivity contribution in [1.29, 1.82) is 0 Å². The number of sulfonamides is 1. The molecule has 1 fully saturated rings. The van der Waals surface area contributed by atoms with E-state index in [1.165, 1.54) is 0 Å². The lowest BCUT2D eigenvalue weighted by molar-refractivity contribution is 0.248. The topological polar surface area (TPSA) is 125 Å². The molecule has 29 heavy (non-hydrogen) atoms. The molecule has 0 bridgehead atoms. The molecule has 0 aromatic carbocycles. The van der Waals surface area contributed by atoms with Gasteiger partial charge in [0.15, 0.2) is 17.0 Å². The zero-order valence-electron chi connectivity index (χ0n) is 16.8. The Balaban J connectivity index is 1.89. The third-order valence-corrected chi connectivity index (χ3v) is 6.54. The lowest BCUT2D eigenvalue weighted by Crippen LogP contribution is -2.33. The highest BCUT2D eigenvalue weighted by Crippen LogP contribution is 2.25. The van der Waals surface area contributed by atoms with Crippen LogP contribution in [0.25, 0.3) is 11.2 Å². The van der Waals surface area contributed by atoms with Crippen LogP contribution in [0.5, 0.6) is 0 Å². The monoisotopic (exact) mass is 429 g/mol. The highest BCUT2D eigenvalue weighted by Gasteiger charge is 2.32. The van der Waals surface area contributed by atoms with Gasteiger partial charge in [0, 0.05) is 25.7 Å². The number of hydrogen-bond donors (Lipinski definition) is 3. The van der Waals surface area contributed by atoms with Crippen LogP contribution in [0.4, 0.5) is 16.2 Å². The highest BCUT2D eigenvalue weighted by atomic mass is 32.2. The smallest absolute Gasteiger partial charge is 0.243 e. The molecule has 0 amide bonds. The van der Waals surface area contributed by atoms with E-state index in [2.05, 4.69) is 25.6 Å². The molecule has 1 saturated heterocycles. The van der Waals surface area contributed by atoms with Gasteiger partial charge in [0.2, 0.25) is 22.0 Å². The second-order valence-corrected chi connectivity index (χ2v) is 9.38. The molecule has 0 radical (unpaired) electrons. The Morgan fingerprint density at radius 3 is 2.76 bits per heavy atom. The Morgan fingerprint density at radius 1 is 1.38 bits per heavy atom. The lowest BCUT2D eigenvalue weighted by atomic mass is 10.1. The third kappa shape index (κ3) is 4.59. The Morgan fingerprint density at radius 2 is 2.14 bits per heavy atom. The van der Waals surface area contributed by atoms with Crippen molar-refractivity contribution in [2.45, 2.75) is 45.8 Å². The number of aromatic nitrogens is 4. The Hall–Kier alpha value is -2.05. The second-order valence-electron chi connectivity index (χ2n) is 7.48. The zero-order valence-corrected chi connectivity index (χ0v) is 17.7. The predicted molar refractivity (Wildman–Crippen MR) is 109 cm³/mol. The van der Waals surface area contributed by atoms with Crippen molar-refractivity contribution in [3.63, 3.8) is 0 Å². The van der Waals surface area contributed by atoms with Crippen LogP contribution in [0, 0.1) is 5.92 Å². The van der Waals surface area contributed by atoms with Crippen LogP contribution in [0.3, 0.4) is 0 Å². The quantitative estimate of drug-likeness (QED) is 0.539. The summed E-state index contributed by atoms with van der Waals surface area (Å²) in [5.74, 6) is 1.00. The number of halogens is 1. The summed E-state index contributed by atoms with van der Waals surface area (Å²) in [6.45, 7) is 6.98. The molecule has 2 atom stereocenters. The molecule has 0 saturated carbocycles. The van der Waals surface area contributed by atoms with Crippen molar-refractivity contribution >= 4 is 33.0 Å². The van der Waals surface area contributed by atoms with E-state index in [1.807, 2.05) is 25.3 Å². The number of imidazole rings is 1. The maximum absolute atomic E-state index is 12.8. The van der Waals surface area contributed by atoms with Crippen LogP contribution < -0.4 is 10.6 Å². The fourth-order valence-electron chi connectivity index (χ4n) is 3.29. The van der Waals surface area contributed by atoms with E-state index in [4.69, 9.17) is 0 Å². The number of hydrogen-bond acceptors (Lipinski definition) is 8. The summed E-state index contributed by atoms with van der Waals surface area (Å²) in [5.41, 5.74) is 1.22. The van der Waals surface area contributed by atoms with Gasteiger partial charge in [-0.15, -0.1) is 0 Å². The van der Waals surface area contributed by atoms with Gasteiger partial charge in [-0.05, 0) is 19.3 Å². The largest absolute Gasteiger partial charge is 0.394 e. The van der Waals surface area contributed by atoms with E-state index in [1.54, 1.807) is 6.33 Å². The minimum atomic E-state index is -3.87.